The van der Waals surface area contributed by atoms with E-state index < -0.39 is 22.0 Å². The van der Waals surface area contributed by atoms with Crippen LogP contribution in [0.4, 0.5) is 0 Å². The third-order valence-corrected chi connectivity index (χ3v) is 7.56. The van der Waals surface area contributed by atoms with Gasteiger partial charge in [-0.05, 0) is 61.6 Å². The quantitative estimate of drug-likeness (QED) is 0.249. The number of aliphatic hydroxyl groups excluding tert-OH is 1. The van der Waals surface area contributed by atoms with Crippen molar-refractivity contribution in [2.24, 2.45) is 23.5 Å². The standard InChI is InChI=1S/C27H48N2O6S/c1-7-8-12-29-27(31)20(4)15-24(30)23(28)18-22(19(2)3)16-21-10-11-25(34-5)26(17-21)35-13-9-14-36(6,32)33/h10-11,17,19-20,22-24,30H,7-9,12-16,18,28H2,1-6H3,(H,29,31)/t20-,22+,23+,24+/m1/s1. The number of hydrogen-bond acceptors (Lipinski definition) is 7. The van der Waals surface area contributed by atoms with E-state index in [9.17, 15) is 18.3 Å². The van der Waals surface area contributed by atoms with Gasteiger partial charge in [-0.15, -0.1) is 0 Å². The lowest BCUT2D eigenvalue weighted by Gasteiger charge is -2.28. The lowest BCUT2D eigenvalue weighted by atomic mass is 9.82. The molecule has 0 saturated heterocycles. The molecule has 0 aliphatic heterocycles. The van der Waals surface area contributed by atoms with E-state index in [1.54, 1.807) is 7.11 Å². The molecule has 0 aliphatic rings. The Hall–Kier alpha value is -1.84. The fraction of sp³-hybridized carbons (Fsp3) is 0.741. The SMILES string of the molecule is CCCCNC(=O)[C@H](C)C[C@H](O)[C@@H](N)C[C@H](Cc1ccc(OC)c(OCCCS(C)(=O)=O)c1)C(C)C. The van der Waals surface area contributed by atoms with Crippen LogP contribution in [0.15, 0.2) is 18.2 Å². The molecule has 9 heteroatoms. The number of nitrogens with two attached hydrogens (primary N) is 1. The first-order valence-corrected chi connectivity index (χ1v) is 15.1. The normalized spacial score (nSPS) is 15.2. The third-order valence-electron chi connectivity index (χ3n) is 6.53. The van der Waals surface area contributed by atoms with Crippen LogP contribution in [-0.2, 0) is 21.1 Å². The molecule has 4 N–H and O–H groups in total. The second-order valence-corrected chi connectivity index (χ2v) is 12.5. The summed E-state index contributed by atoms with van der Waals surface area (Å²) >= 11 is 0. The lowest BCUT2D eigenvalue weighted by molar-refractivity contribution is -0.125. The smallest absolute Gasteiger partial charge is 0.222 e. The molecule has 0 bridgehead atoms. The van der Waals surface area contributed by atoms with Crippen molar-refractivity contribution in [2.75, 3.05) is 32.3 Å². The summed E-state index contributed by atoms with van der Waals surface area (Å²) in [5.41, 5.74) is 7.45. The number of sulfone groups is 1. The monoisotopic (exact) mass is 528 g/mol. The minimum Gasteiger partial charge on any atom is -0.493 e. The first-order chi connectivity index (χ1) is 16.9. The van der Waals surface area contributed by atoms with E-state index >= 15 is 0 Å². The van der Waals surface area contributed by atoms with Crippen LogP contribution in [0.5, 0.6) is 11.5 Å². The van der Waals surface area contributed by atoms with Crippen molar-refractivity contribution in [1.82, 2.24) is 5.32 Å². The van der Waals surface area contributed by atoms with Crippen molar-refractivity contribution in [3.8, 4) is 11.5 Å². The van der Waals surface area contributed by atoms with E-state index in [0.29, 0.717) is 43.2 Å². The summed E-state index contributed by atoms with van der Waals surface area (Å²) < 4.78 is 34.0. The molecule has 0 aromatic heterocycles. The Kier molecular flexibility index (Phi) is 14.4. The van der Waals surface area contributed by atoms with Crippen LogP contribution < -0.4 is 20.5 Å². The Morgan fingerprint density at radius 1 is 1.14 bits per heavy atom. The van der Waals surface area contributed by atoms with Gasteiger partial charge in [-0.25, -0.2) is 8.42 Å². The molecule has 0 fully saturated rings. The minimum absolute atomic E-state index is 0.0441. The second kappa shape index (κ2) is 16.1. The maximum absolute atomic E-state index is 12.3. The van der Waals surface area contributed by atoms with Crippen LogP contribution in [0.3, 0.4) is 0 Å². The van der Waals surface area contributed by atoms with Crippen molar-refractivity contribution in [3.05, 3.63) is 23.8 Å². The average Bonchev–Trinajstić information content (AvgIpc) is 2.80. The highest BCUT2D eigenvalue weighted by Gasteiger charge is 2.26. The zero-order valence-corrected chi connectivity index (χ0v) is 23.8. The molecule has 0 radical (unpaired) electrons. The Labute approximate surface area is 218 Å². The largest absolute Gasteiger partial charge is 0.493 e. The summed E-state index contributed by atoms with van der Waals surface area (Å²) in [5, 5.41) is 13.6. The Morgan fingerprint density at radius 3 is 2.42 bits per heavy atom. The first-order valence-electron chi connectivity index (χ1n) is 13.1. The highest BCUT2D eigenvalue weighted by molar-refractivity contribution is 7.90. The molecule has 0 heterocycles. The topological polar surface area (TPSA) is 128 Å². The van der Waals surface area contributed by atoms with Gasteiger partial charge in [0.25, 0.3) is 0 Å². The van der Waals surface area contributed by atoms with Crippen molar-refractivity contribution < 1.29 is 27.8 Å². The van der Waals surface area contributed by atoms with Crippen LogP contribution >= 0.6 is 0 Å². The van der Waals surface area contributed by atoms with E-state index in [0.717, 1.165) is 24.8 Å². The molecule has 1 amide bonds. The molecule has 1 rings (SSSR count). The van der Waals surface area contributed by atoms with Gasteiger partial charge in [0.1, 0.15) is 9.84 Å². The van der Waals surface area contributed by atoms with Crippen LogP contribution in [0.2, 0.25) is 0 Å². The van der Waals surface area contributed by atoms with E-state index in [-0.39, 0.29) is 30.1 Å². The van der Waals surface area contributed by atoms with E-state index in [2.05, 4.69) is 26.1 Å². The summed E-state index contributed by atoms with van der Waals surface area (Å²) in [5.74, 6) is 1.45. The highest BCUT2D eigenvalue weighted by Crippen LogP contribution is 2.31. The second-order valence-electron chi connectivity index (χ2n) is 10.3. The van der Waals surface area contributed by atoms with Gasteiger partial charge in [-0.2, -0.15) is 0 Å². The number of ether oxygens (including phenoxy) is 2. The number of methoxy groups -OCH3 is 1. The van der Waals surface area contributed by atoms with Crippen molar-refractivity contribution >= 4 is 15.7 Å². The maximum Gasteiger partial charge on any atom is 0.222 e. The van der Waals surface area contributed by atoms with Crippen molar-refractivity contribution in [1.29, 1.82) is 0 Å². The predicted molar refractivity (Wildman–Crippen MR) is 145 cm³/mol. The van der Waals surface area contributed by atoms with E-state index in [1.165, 1.54) is 6.26 Å². The fourth-order valence-corrected chi connectivity index (χ4v) is 4.71. The number of benzene rings is 1. The number of aliphatic hydroxyl groups is 1. The average molecular weight is 529 g/mol. The van der Waals surface area contributed by atoms with Gasteiger partial charge in [-0.3, -0.25) is 4.79 Å². The molecule has 8 nitrogen and oxygen atoms in total. The zero-order valence-electron chi connectivity index (χ0n) is 23.0. The molecule has 36 heavy (non-hydrogen) atoms. The molecule has 0 spiro atoms. The number of nitrogens with one attached hydrogen (secondary N) is 1. The van der Waals surface area contributed by atoms with E-state index in [4.69, 9.17) is 15.2 Å². The number of unbranched alkanes of at least 4 members (excludes halogenated alkanes) is 1. The van der Waals surface area contributed by atoms with Gasteiger partial charge < -0.3 is 25.6 Å². The third kappa shape index (κ3) is 12.4. The molecule has 0 aliphatic carbocycles. The van der Waals surface area contributed by atoms with E-state index in [1.807, 2.05) is 25.1 Å². The summed E-state index contributed by atoms with van der Waals surface area (Å²) in [6.07, 6.45) is 4.52. The highest BCUT2D eigenvalue weighted by atomic mass is 32.2. The van der Waals surface area contributed by atoms with Gasteiger partial charge in [0.15, 0.2) is 11.5 Å². The van der Waals surface area contributed by atoms with Crippen molar-refractivity contribution in [3.63, 3.8) is 0 Å². The Balaban J connectivity index is 2.76. The Morgan fingerprint density at radius 2 is 1.83 bits per heavy atom. The minimum atomic E-state index is -3.03. The van der Waals surface area contributed by atoms with Gasteiger partial charge in [0, 0.05) is 24.8 Å². The Bertz CT molecular complexity index is 890. The molecule has 1 aromatic carbocycles. The molecule has 208 valence electrons. The lowest BCUT2D eigenvalue weighted by Crippen LogP contribution is -2.41. The molecule has 4 atom stereocenters. The molecular weight excluding hydrogens is 480 g/mol. The number of carbonyl (C=O) groups is 1. The molecule has 0 unspecified atom stereocenters. The predicted octanol–water partition coefficient (Wildman–Crippen LogP) is 3.34. The number of hydrogen-bond donors (Lipinski definition) is 3. The number of rotatable bonds is 18. The fourth-order valence-electron chi connectivity index (χ4n) is 4.07. The molecular formula is C27H48N2O6S. The number of carbonyl (C=O) groups excluding carboxylic acids is 1. The zero-order chi connectivity index (χ0) is 27.3. The van der Waals surface area contributed by atoms with Crippen LogP contribution in [-0.4, -0.2) is 63.8 Å². The van der Waals surface area contributed by atoms with Gasteiger partial charge in [0.2, 0.25) is 5.91 Å². The number of amides is 1. The van der Waals surface area contributed by atoms with Crippen LogP contribution in [0.1, 0.15) is 65.4 Å². The van der Waals surface area contributed by atoms with Gasteiger partial charge >= 0.3 is 0 Å². The van der Waals surface area contributed by atoms with Crippen LogP contribution in [0, 0.1) is 17.8 Å². The van der Waals surface area contributed by atoms with Gasteiger partial charge in [0.05, 0.1) is 25.6 Å². The summed E-state index contributed by atoms with van der Waals surface area (Å²) in [6.45, 7) is 9.11. The van der Waals surface area contributed by atoms with Gasteiger partial charge in [-0.1, -0.05) is 40.2 Å². The summed E-state index contributed by atoms with van der Waals surface area (Å²) in [7, 11) is -1.46. The van der Waals surface area contributed by atoms with Crippen molar-refractivity contribution in [2.45, 2.75) is 78.4 Å². The molecule has 1 aromatic rings. The summed E-state index contributed by atoms with van der Waals surface area (Å²) in [4.78, 5) is 12.3. The first kappa shape index (κ1) is 32.2. The molecule has 0 saturated carbocycles. The maximum atomic E-state index is 12.3. The summed E-state index contributed by atoms with van der Waals surface area (Å²) in [6, 6.07) is 5.33. The van der Waals surface area contributed by atoms with Crippen LogP contribution in [0.25, 0.3) is 0 Å².